The van der Waals surface area contributed by atoms with Crippen molar-refractivity contribution in [2.75, 3.05) is 35.7 Å². The summed E-state index contributed by atoms with van der Waals surface area (Å²) >= 11 is 0. The highest BCUT2D eigenvalue weighted by molar-refractivity contribution is 6.10. The standard InChI is InChI=1S/C18H17N3O4/c1-25-18(24)12-5-4-6-13(9-12)19-10-17(23)21-11-16(22)20-14-7-2-3-8-15(14)21/h2-9,19H,10-11H2,1H3,(H,20,22). The lowest BCUT2D eigenvalue weighted by Crippen LogP contribution is -2.44. The number of methoxy groups -OCH3 is 1. The Morgan fingerprint density at radius 1 is 1.20 bits per heavy atom. The number of esters is 1. The van der Waals surface area contributed by atoms with Crippen LogP contribution < -0.4 is 15.5 Å². The highest BCUT2D eigenvalue weighted by Gasteiger charge is 2.26. The number of nitrogens with one attached hydrogen (secondary N) is 2. The third-order valence-electron chi connectivity index (χ3n) is 3.80. The van der Waals surface area contributed by atoms with Crippen molar-refractivity contribution in [2.45, 2.75) is 0 Å². The van der Waals surface area contributed by atoms with E-state index >= 15 is 0 Å². The molecule has 1 aliphatic rings. The third-order valence-corrected chi connectivity index (χ3v) is 3.80. The number of rotatable bonds is 4. The molecule has 0 saturated carbocycles. The maximum atomic E-state index is 12.5. The van der Waals surface area contributed by atoms with Gasteiger partial charge in [-0.1, -0.05) is 18.2 Å². The van der Waals surface area contributed by atoms with E-state index in [1.165, 1.54) is 12.0 Å². The number of benzene rings is 2. The van der Waals surface area contributed by atoms with Crippen molar-refractivity contribution < 1.29 is 19.1 Å². The van der Waals surface area contributed by atoms with Gasteiger partial charge in [0.05, 0.1) is 30.6 Å². The van der Waals surface area contributed by atoms with E-state index in [-0.39, 0.29) is 24.9 Å². The smallest absolute Gasteiger partial charge is 0.337 e. The molecule has 1 heterocycles. The number of anilines is 3. The number of carbonyl (C=O) groups excluding carboxylic acids is 3. The highest BCUT2D eigenvalue weighted by atomic mass is 16.5. The summed E-state index contributed by atoms with van der Waals surface area (Å²) in [7, 11) is 1.31. The Balaban J connectivity index is 1.71. The van der Waals surface area contributed by atoms with Crippen LogP contribution in [0.5, 0.6) is 0 Å². The maximum Gasteiger partial charge on any atom is 0.337 e. The van der Waals surface area contributed by atoms with E-state index in [1.807, 2.05) is 6.07 Å². The summed E-state index contributed by atoms with van der Waals surface area (Å²) in [6.07, 6.45) is 0. The molecule has 0 saturated heterocycles. The van der Waals surface area contributed by atoms with Crippen LogP contribution in [0.2, 0.25) is 0 Å². The Hall–Kier alpha value is -3.35. The maximum absolute atomic E-state index is 12.5. The second-order valence-corrected chi connectivity index (χ2v) is 5.47. The average Bonchev–Trinajstić information content (AvgIpc) is 2.65. The normalized spacial score (nSPS) is 12.8. The Morgan fingerprint density at radius 2 is 2.00 bits per heavy atom. The molecule has 0 radical (unpaired) electrons. The summed E-state index contributed by atoms with van der Waals surface area (Å²) in [5.41, 5.74) is 2.28. The van der Waals surface area contributed by atoms with Gasteiger partial charge in [-0.2, -0.15) is 0 Å². The van der Waals surface area contributed by atoms with Crippen molar-refractivity contribution in [1.82, 2.24) is 0 Å². The molecular weight excluding hydrogens is 322 g/mol. The first-order valence-electron chi connectivity index (χ1n) is 7.70. The molecule has 2 amide bonds. The zero-order valence-electron chi connectivity index (χ0n) is 13.6. The Bertz CT molecular complexity index is 835. The molecule has 0 atom stereocenters. The molecule has 7 heteroatoms. The molecule has 0 unspecified atom stereocenters. The number of ether oxygens (including phenoxy) is 1. The fourth-order valence-corrected chi connectivity index (χ4v) is 2.60. The molecule has 0 aromatic heterocycles. The number of nitrogens with zero attached hydrogens (tertiary/aromatic N) is 1. The van der Waals surface area contributed by atoms with Gasteiger partial charge in [-0.05, 0) is 30.3 Å². The minimum absolute atomic E-state index is 0.00770. The number of hydrogen-bond acceptors (Lipinski definition) is 5. The lowest BCUT2D eigenvalue weighted by atomic mass is 10.2. The lowest BCUT2D eigenvalue weighted by molar-refractivity contribution is -0.120. The predicted molar refractivity (Wildman–Crippen MR) is 93.7 cm³/mol. The number of hydrogen-bond donors (Lipinski definition) is 2. The predicted octanol–water partition coefficient (Wildman–Crippen LogP) is 1.87. The second-order valence-electron chi connectivity index (χ2n) is 5.47. The minimum Gasteiger partial charge on any atom is -0.465 e. The van der Waals surface area contributed by atoms with Crippen LogP contribution in [-0.2, 0) is 14.3 Å². The fourth-order valence-electron chi connectivity index (χ4n) is 2.60. The van der Waals surface area contributed by atoms with Crippen LogP contribution in [0.3, 0.4) is 0 Å². The summed E-state index contributed by atoms with van der Waals surface area (Å²) in [6, 6.07) is 13.8. The van der Waals surface area contributed by atoms with Gasteiger partial charge in [0, 0.05) is 5.69 Å². The largest absolute Gasteiger partial charge is 0.465 e. The van der Waals surface area contributed by atoms with Crippen molar-refractivity contribution in [3.8, 4) is 0 Å². The van der Waals surface area contributed by atoms with E-state index in [9.17, 15) is 14.4 Å². The molecule has 0 spiro atoms. The van der Waals surface area contributed by atoms with E-state index in [4.69, 9.17) is 0 Å². The van der Waals surface area contributed by atoms with E-state index in [1.54, 1.807) is 42.5 Å². The fraction of sp³-hybridized carbons (Fsp3) is 0.167. The zero-order chi connectivity index (χ0) is 17.8. The number of amides is 2. The van der Waals surface area contributed by atoms with Crippen molar-refractivity contribution in [3.05, 3.63) is 54.1 Å². The summed E-state index contributed by atoms with van der Waals surface area (Å²) in [5, 5.41) is 5.72. The van der Waals surface area contributed by atoms with Crippen molar-refractivity contribution in [2.24, 2.45) is 0 Å². The molecule has 25 heavy (non-hydrogen) atoms. The molecule has 2 aromatic carbocycles. The van der Waals surface area contributed by atoms with Crippen LogP contribution in [0.1, 0.15) is 10.4 Å². The van der Waals surface area contributed by atoms with E-state index in [2.05, 4.69) is 15.4 Å². The first-order valence-corrected chi connectivity index (χ1v) is 7.70. The summed E-state index contributed by atoms with van der Waals surface area (Å²) in [5.74, 6) is -0.929. The highest BCUT2D eigenvalue weighted by Crippen LogP contribution is 2.28. The van der Waals surface area contributed by atoms with E-state index in [0.29, 0.717) is 22.6 Å². The van der Waals surface area contributed by atoms with E-state index in [0.717, 1.165) is 0 Å². The van der Waals surface area contributed by atoms with Crippen molar-refractivity contribution in [1.29, 1.82) is 0 Å². The Kier molecular flexibility index (Phi) is 4.65. The zero-order valence-corrected chi connectivity index (χ0v) is 13.6. The second kappa shape index (κ2) is 7.04. The van der Waals surface area contributed by atoms with Gasteiger partial charge in [-0.25, -0.2) is 4.79 Å². The summed E-state index contributed by atoms with van der Waals surface area (Å²) < 4.78 is 4.68. The molecule has 128 valence electrons. The molecule has 7 nitrogen and oxygen atoms in total. The molecule has 0 bridgehead atoms. The van der Waals surface area contributed by atoms with Gasteiger partial charge in [-0.15, -0.1) is 0 Å². The van der Waals surface area contributed by atoms with Gasteiger partial charge in [0.25, 0.3) is 0 Å². The lowest BCUT2D eigenvalue weighted by Gasteiger charge is -2.29. The van der Waals surface area contributed by atoms with Crippen LogP contribution in [0.4, 0.5) is 17.1 Å². The van der Waals surface area contributed by atoms with Crippen molar-refractivity contribution in [3.63, 3.8) is 0 Å². The first kappa shape index (κ1) is 16.5. The molecule has 3 rings (SSSR count). The Morgan fingerprint density at radius 3 is 2.80 bits per heavy atom. The molecular formula is C18H17N3O4. The van der Waals surface area contributed by atoms with Gasteiger partial charge < -0.3 is 15.4 Å². The third kappa shape index (κ3) is 3.60. The number of carbonyl (C=O) groups is 3. The molecule has 2 N–H and O–H groups in total. The van der Waals surface area contributed by atoms with Gasteiger partial charge in [0.1, 0.15) is 6.54 Å². The number of para-hydroxylation sites is 2. The van der Waals surface area contributed by atoms with Gasteiger partial charge in [-0.3, -0.25) is 14.5 Å². The molecule has 1 aliphatic heterocycles. The molecule has 0 fully saturated rings. The molecule has 2 aromatic rings. The van der Waals surface area contributed by atoms with Crippen LogP contribution in [0.15, 0.2) is 48.5 Å². The van der Waals surface area contributed by atoms with Crippen LogP contribution in [-0.4, -0.2) is 38.0 Å². The van der Waals surface area contributed by atoms with Gasteiger partial charge in [0.2, 0.25) is 11.8 Å². The monoisotopic (exact) mass is 339 g/mol. The Labute approximate surface area is 144 Å². The van der Waals surface area contributed by atoms with Crippen LogP contribution in [0, 0.1) is 0 Å². The van der Waals surface area contributed by atoms with E-state index < -0.39 is 5.97 Å². The van der Waals surface area contributed by atoms with Crippen molar-refractivity contribution >= 4 is 34.8 Å². The van der Waals surface area contributed by atoms with Crippen LogP contribution in [0.25, 0.3) is 0 Å². The quantitative estimate of drug-likeness (QED) is 0.831. The summed E-state index contributed by atoms with van der Waals surface area (Å²) in [6.45, 7) is -0.0357. The topological polar surface area (TPSA) is 87.7 Å². The average molecular weight is 339 g/mol. The molecule has 0 aliphatic carbocycles. The minimum atomic E-state index is -0.448. The summed E-state index contributed by atoms with van der Waals surface area (Å²) in [4.78, 5) is 37.3. The first-order chi connectivity index (χ1) is 12.1. The number of fused-ring (bicyclic) bond motifs is 1. The van der Waals surface area contributed by atoms with Crippen LogP contribution >= 0.6 is 0 Å². The van der Waals surface area contributed by atoms with Gasteiger partial charge >= 0.3 is 5.97 Å². The van der Waals surface area contributed by atoms with Gasteiger partial charge in [0.15, 0.2) is 0 Å². The SMILES string of the molecule is COC(=O)c1cccc(NCC(=O)N2CC(=O)Nc3ccccc32)c1.